The van der Waals surface area contributed by atoms with Crippen molar-refractivity contribution in [2.24, 2.45) is 0 Å². The van der Waals surface area contributed by atoms with Gasteiger partial charge in [0.25, 0.3) is 0 Å². The van der Waals surface area contributed by atoms with Crippen molar-refractivity contribution >= 4 is 0 Å². The fraction of sp³-hybridized carbons (Fsp3) is 0.500. The minimum absolute atomic E-state index is 0.160. The molecule has 0 aromatic heterocycles. The van der Waals surface area contributed by atoms with Crippen molar-refractivity contribution in [1.29, 1.82) is 0 Å². The summed E-state index contributed by atoms with van der Waals surface area (Å²) in [6.07, 6.45) is 1.08. The first-order valence-electron chi connectivity index (χ1n) is 5.24. The van der Waals surface area contributed by atoms with Crippen LogP contribution in [0.25, 0.3) is 0 Å². The second-order valence-electron chi connectivity index (χ2n) is 3.46. The minimum atomic E-state index is -0.160. The van der Waals surface area contributed by atoms with Crippen LogP contribution >= 0.6 is 0 Å². The van der Waals surface area contributed by atoms with Gasteiger partial charge in [0.1, 0.15) is 5.82 Å². The summed E-state index contributed by atoms with van der Waals surface area (Å²) in [4.78, 5) is 0. The van der Waals surface area contributed by atoms with Crippen molar-refractivity contribution in [2.75, 3.05) is 13.1 Å². The van der Waals surface area contributed by atoms with Gasteiger partial charge in [0, 0.05) is 6.54 Å². The van der Waals surface area contributed by atoms with Crippen LogP contribution in [0.3, 0.4) is 0 Å². The average molecular weight is 195 g/mol. The summed E-state index contributed by atoms with van der Waals surface area (Å²) in [6.45, 7) is 6.21. The summed E-state index contributed by atoms with van der Waals surface area (Å²) in [6, 6.07) is 6.82. The van der Waals surface area contributed by atoms with Crippen LogP contribution in [0.2, 0.25) is 0 Å². The largest absolute Gasteiger partial charge is 0.316 e. The van der Waals surface area contributed by atoms with Gasteiger partial charge in [0.15, 0.2) is 0 Å². The third-order valence-corrected chi connectivity index (χ3v) is 2.47. The zero-order chi connectivity index (χ0) is 10.4. The van der Waals surface area contributed by atoms with E-state index in [1.165, 1.54) is 17.7 Å². The Morgan fingerprint density at radius 2 is 1.86 bits per heavy atom. The molecule has 1 aromatic carbocycles. The predicted molar refractivity (Wildman–Crippen MR) is 58.0 cm³/mol. The summed E-state index contributed by atoms with van der Waals surface area (Å²) >= 11 is 0. The first-order chi connectivity index (χ1) is 6.77. The van der Waals surface area contributed by atoms with E-state index in [1.807, 2.05) is 12.1 Å². The van der Waals surface area contributed by atoms with Crippen LogP contribution < -0.4 is 5.32 Å². The van der Waals surface area contributed by atoms with Crippen LogP contribution in [0.1, 0.15) is 31.7 Å². The molecule has 1 nitrogen and oxygen atoms in total. The van der Waals surface area contributed by atoms with Gasteiger partial charge in [-0.05, 0) is 36.6 Å². The smallest absolute Gasteiger partial charge is 0.123 e. The first-order valence-corrected chi connectivity index (χ1v) is 5.24. The highest BCUT2D eigenvalue weighted by molar-refractivity contribution is 5.20. The number of hydrogen-bond donors (Lipinski definition) is 1. The van der Waals surface area contributed by atoms with Gasteiger partial charge in [-0.1, -0.05) is 26.0 Å². The van der Waals surface area contributed by atoms with Gasteiger partial charge in [0.05, 0.1) is 0 Å². The normalized spacial score (nSPS) is 12.8. The Morgan fingerprint density at radius 3 is 2.36 bits per heavy atom. The molecule has 1 atom stereocenters. The van der Waals surface area contributed by atoms with Crippen LogP contribution in [-0.2, 0) is 0 Å². The van der Waals surface area contributed by atoms with Crippen LogP contribution in [0.5, 0.6) is 0 Å². The summed E-state index contributed by atoms with van der Waals surface area (Å²) in [5, 5.41) is 3.32. The molecule has 1 unspecified atom stereocenters. The molecule has 0 radical (unpaired) electrons. The minimum Gasteiger partial charge on any atom is -0.316 e. The van der Waals surface area contributed by atoms with E-state index < -0.39 is 0 Å². The lowest BCUT2D eigenvalue weighted by Gasteiger charge is -2.15. The Labute approximate surface area is 85.3 Å². The van der Waals surface area contributed by atoms with E-state index in [0.29, 0.717) is 5.92 Å². The molecule has 1 N–H and O–H groups in total. The van der Waals surface area contributed by atoms with Crippen LogP contribution in [0, 0.1) is 5.82 Å². The van der Waals surface area contributed by atoms with Crippen molar-refractivity contribution in [3.63, 3.8) is 0 Å². The lowest BCUT2D eigenvalue weighted by Crippen LogP contribution is -2.20. The summed E-state index contributed by atoms with van der Waals surface area (Å²) < 4.78 is 12.7. The lowest BCUT2D eigenvalue weighted by atomic mass is 9.96. The van der Waals surface area contributed by atoms with Gasteiger partial charge < -0.3 is 5.32 Å². The highest BCUT2D eigenvalue weighted by Gasteiger charge is 2.07. The van der Waals surface area contributed by atoms with E-state index in [1.54, 1.807) is 0 Å². The lowest BCUT2D eigenvalue weighted by molar-refractivity contribution is 0.580. The first kappa shape index (κ1) is 11.2. The molecule has 1 aromatic rings. The Kier molecular flexibility index (Phi) is 4.60. The van der Waals surface area contributed by atoms with E-state index in [0.717, 1.165) is 19.5 Å². The molecule has 0 saturated carbocycles. The molecule has 0 aliphatic carbocycles. The Morgan fingerprint density at radius 1 is 1.21 bits per heavy atom. The molecule has 0 amide bonds. The van der Waals surface area contributed by atoms with Gasteiger partial charge >= 0.3 is 0 Å². The number of likely N-dealkylation sites (N-methyl/N-ethyl adjacent to an activating group) is 1. The Hall–Kier alpha value is -0.890. The van der Waals surface area contributed by atoms with E-state index in [2.05, 4.69) is 19.2 Å². The molecule has 0 fully saturated rings. The number of rotatable bonds is 5. The summed E-state index contributed by atoms with van der Waals surface area (Å²) in [7, 11) is 0. The highest BCUT2D eigenvalue weighted by Crippen LogP contribution is 2.18. The number of nitrogens with one attached hydrogen (secondary N) is 1. The predicted octanol–water partition coefficient (Wildman–Crippen LogP) is 2.93. The summed E-state index contributed by atoms with van der Waals surface area (Å²) in [5.41, 5.74) is 1.22. The molecule has 0 aliphatic heterocycles. The van der Waals surface area contributed by atoms with Crippen LogP contribution in [0.4, 0.5) is 4.39 Å². The Bertz CT molecular complexity index is 256. The maximum absolute atomic E-state index is 12.7. The maximum Gasteiger partial charge on any atom is 0.123 e. The highest BCUT2D eigenvalue weighted by atomic mass is 19.1. The maximum atomic E-state index is 12.7. The average Bonchev–Trinajstić information content (AvgIpc) is 2.21. The van der Waals surface area contributed by atoms with E-state index in [-0.39, 0.29) is 5.82 Å². The summed E-state index contributed by atoms with van der Waals surface area (Å²) in [5.74, 6) is 0.336. The number of benzene rings is 1. The molecule has 0 heterocycles. The zero-order valence-corrected chi connectivity index (χ0v) is 8.89. The van der Waals surface area contributed by atoms with Gasteiger partial charge in [-0.15, -0.1) is 0 Å². The van der Waals surface area contributed by atoms with E-state index >= 15 is 0 Å². The standard InChI is InChI=1S/C12H18FN/c1-3-10(9-14-4-2)11-5-7-12(13)8-6-11/h5-8,10,14H,3-4,9H2,1-2H3. The molecule has 0 spiro atoms. The van der Waals surface area contributed by atoms with Crippen molar-refractivity contribution in [2.45, 2.75) is 26.2 Å². The van der Waals surface area contributed by atoms with Crippen molar-refractivity contribution in [3.8, 4) is 0 Å². The second kappa shape index (κ2) is 5.76. The van der Waals surface area contributed by atoms with Crippen LogP contribution in [0.15, 0.2) is 24.3 Å². The third kappa shape index (κ3) is 3.11. The molecule has 0 aliphatic rings. The molecular weight excluding hydrogens is 177 g/mol. The second-order valence-corrected chi connectivity index (χ2v) is 3.46. The molecule has 2 heteroatoms. The van der Waals surface area contributed by atoms with Gasteiger partial charge in [-0.2, -0.15) is 0 Å². The molecule has 0 saturated heterocycles. The van der Waals surface area contributed by atoms with E-state index in [9.17, 15) is 4.39 Å². The monoisotopic (exact) mass is 195 g/mol. The Balaban J connectivity index is 2.64. The fourth-order valence-corrected chi connectivity index (χ4v) is 1.55. The molecule has 0 bridgehead atoms. The fourth-order valence-electron chi connectivity index (χ4n) is 1.55. The van der Waals surface area contributed by atoms with E-state index in [4.69, 9.17) is 0 Å². The third-order valence-electron chi connectivity index (χ3n) is 2.47. The molecular formula is C12H18FN. The number of hydrogen-bond acceptors (Lipinski definition) is 1. The molecule has 1 rings (SSSR count). The van der Waals surface area contributed by atoms with Crippen molar-refractivity contribution in [3.05, 3.63) is 35.6 Å². The van der Waals surface area contributed by atoms with Gasteiger partial charge in [0.2, 0.25) is 0 Å². The quantitative estimate of drug-likeness (QED) is 0.761. The molecule has 14 heavy (non-hydrogen) atoms. The van der Waals surface area contributed by atoms with Crippen molar-refractivity contribution in [1.82, 2.24) is 5.32 Å². The van der Waals surface area contributed by atoms with Gasteiger partial charge in [-0.3, -0.25) is 0 Å². The van der Waals surface area contributed by atoms with Gasteiger partial charge in [-0.25, -0.2) is 4.39 Å². The number of halogens is 1. The van der Waals surface area contributed by atoms with Crippen molar-refractivity contribution < 1.29 is 4.39 Å². The zero-order valence-electron chi connectivity index (χ0n) is 8.89. The van der Waals surface area contributed by atoms with Crippen LogP contribution in [-0.4, -0.2) is 13.1 Å². The molecule has 78 valence electrons. The topological polar surface area (TPSA) is 12.0 Å². The SMILES string of the molecule is CCNCC(CC)c1ccc(F)cc1.